The summed E-state index contributed by atoms with van der Waals surface area (Å²) in [5.74, 6) is -0.800. The summed E-state index contributed by atoms with van der Waals surface area (Å²) in [6, 6.07) is 0. The van der Waals surface area contributed by atoms with Crippen LogP contribution in [0, 0.1) is 0 Å². The number of hydrogen-bond donors (Lipinski definition) is 1. The molecule has 284 valence electrons. The van der Waals surface area contributed by atoms with Gasteiger partial charge in [-0.25, -0.2) is 4.57 Å². The van der Waals surface area contributed by atoms with E-state index in [1.807, 2.05) is 0 Å². The Labute approximate surface area is 295 Å². The van der Waals surface area contributed by atoms with Crippen molar-refractivity contribution in [2.45, 2.75) is 207 Å². The topological polar surface area (TPSA) is 108 Å². The Morgan fingerprint density at radius 2 is 0.938 bits per heavy atom. The molecule has 0 heterocycles. The van der Waals surface area contributed by atoms with E-state index in [1.165, 1.54) is 109 Å². The molecule has 2 atom stereocenters. The Hall–Kier alpha value is -1.21. The molecule has 0 fully saturated rings. The van der Waals surface area contributed by atoms with Crippen LogP contribution in [0.3, 0.4) is 0 Å². The average Bonchev–Trinajstić information content (AvgIpc) is 3.06. The quantitative estimate of drug-likeness (QED) is 0.0295. The van der Waals surface area contributed by atoms with Crippen molar-refractivity contribution < 1.29 is 37.6 Å². The molecule has 0 bridgehead atoms. The lowest BCUT2D eigenvalue weighted by molar-refractivity contribution is -0.161. The molecule has 0 aromatic carbocycles. The van der Waals surface area contributed by atoms with Gasteiger partial charge in [-0.1, -0.05) is 154 Å². The summed E-state index contributed by atoms with van der Waals surface area (Å²) < 4.78 is 32.5. The maximum Gasteiger partial charge on any atom is 0.472 e. The second kappa shape index (κ2) is 35.6. The van der Waals surface area contributed by atoms with E-state index < -0.39 is 26.5 Å². The predicted octanol–water partition coefficient (Wildman–Crippen LogP) is 12.1. The lowest BCUT2D eigenvalue weighted by Gasteiger charge is -2.19. The van der Waals surface area contributed by atoms with Gasteiger partial charge < -0.3 is 14.4 Å². The lowest BCUT2D eigenvalue weighted by Crippen LogP contribution is -2.29. The van der Waals surface area contributed by atoms with E-state index in [0.29, 0.717) is 12.8 Å². The van der Waals surface area contributed by atoms with Gasteiger partial charge in [0.05, 0.1) is 13.2 Å². The molecule has 0 rings (SSSR count). The average molecular weight is 703 g/mol. The molecule has 0 radical (unpaired) electrons. The van der Waals surface area contributed by atoms with Crippen molar-refractivity contribution in [3.8, 4) is 0 Å². The van der Waals surface area contributed by atoms with Gasteiger partial charge in [0, 0.05) is 12.8 Å². The van der Waals surface area contributed by atoms with E-state index in [1.54, 1.807) is 6.92 Å². The molecule has 0 aromatic heterocycles. The molecule has 8 nitrogen and oxygen atoms in total. The molecule has 0 aliphatic rings. The molecule has 0 aromatic rings. The summed E-state index contributed by atoms with van der Waals surface area (Å²) in [4.78, 5) is 34.6. The number of phosphoric ester groups is 1. The van der Waals surface area contributed by atoms with Crippen LogP contribution in [-0.4, -0.2) is 42.8 Å². The van der Waals surface area contributed by atoms with Crippen molar-refractivity contribution in [2.24, 2.45) is 0 Å². The van der Waals surface area contributed by atoms with Crippen LogP contribution in [0.25, 0.3) is 0 Å². The largest absolute Gasteiger partial charge is 0.472 e. The van der Waals surface area contributed by atoms with Crippen LogP contribution in [0.4, 0.5) is 0 Å². The summed E-state index contributed by atoms with van der Waals surface area (Å²) in [5.41, 5.74) is 0. The highest BCUT2D eigenvalue weighted by Gasteiger charge is 2.25. The predicted molar refractivity (Wildman–Crippen MR) is 198 cm³/mol. The Morgan fingerprint density at radius 1 is 0.542 bits per heavy atom. The van der Waals surface area contributed by atoms with Gasteiger partial charge >= 0.3 is 19.8 Å². The zero-order chi connectivity index (χ0) is 35.4. The van der Waals surface area contributed by atoms with E-state index in [2.05, 4.69) is 26.0 Å². The highest BCUT2D eigenvalue weighted by Crippen LogP contribution is 2.43. The second-order valence-corrected chi connectivity index (χ2v) is 14.8. The van der Waals surface area contributed by atoms with Crippen LogP contribution in [0.2, 0.25) is 0 Å². The molecule has 0 aliphatic carbocycles. The smallest absolute Gasteiger partial charge is 0.462 e. The number of phosphoric acid groups is 1. The van der Waals surface area contributed by atoms with Gasteiger partial charge in [-0.15, -0.1) is 0 Å². The first-order valence-corrected chi connectivity index (χ1v) is 21.5. The minimum atomic E-state index is -4.27. The van der Waals surface area contributed by atoms with Gasteiger partial charge in [-0.05, 0) is 45.4 Å². The molecule has 0 amide bonds. The Balaban J connectivity index is 4.12. The minimum absolute atomic E-state index is 0.00181. The highest BCUT2D eigenvalue weighted by molar-refractivity contribution is 7.47. The van der Waals surface area contributed by atoms with Crippen LogP contribution in [-0.2, 0) is 32.7 Å². The molecule has 0 saturated heterocycles. The number of ether oxygens (including phenoxy) is 2. The third kappa shape index (κ3) is 34.6. The first kappa shape index (κ1) is 46.8. The van der Waals surface area contributed by atoms with Crippen LogP contribution < -0.4 is 0 Å². The van der Waals surface area contributed by atoms with Gasteiger partial charge in [0.2, 0.25) is 0 Å². The van der Waals surface area contributed by atoms with Crippen molar-refractivity contribution in [1.82, 2.24) is 0 Å². The molecular weight excluding hydrogens is 627 g/mol. The summed E-state index contributed by atoms with van der Waals surface area (Å²) in [6.45, 7) is 5.47. The number of allylic oxidation sites excluding steroid dienone is 2. The highest BCUT2D eigenvalue weighted by atomic mass is 31.2. The number of rotatable bonds is 37. The molecule has 48 heavy (non-hydrogen) atoms. The monoisotopic (exact) mass is 703 g/mol. The molecule has 9 heteroatoms. The van der Waals surface area contributed by atoms with Crippen LogP contribution in [0.5, 0.6) is 0 Å². The van der Waals surface area contributed by atoms with Gasteiger partial charge in [0.1, 0.15) is 6.61 Å². The van der Waals surface area contributed by atoms with E-state index >= 15 is 0 Å². The van der Waals surface area contributed by atoms with Gasteiger partial charge in [0.15, 0.2) is 6.10 Å². The third-order valence-electron chi connectivity index (χ3n) is 8.57. The SMILES string of the molecule is CCCCCCCC/C=C/CCCCCCCC(=O)OC(COC(=O)CCCCCCCCCCCCCCC)COP(=O)(O)OCC. The van der Waals surface area contributed by atoms with Crippen molar-refractivity contribution in [3.05, 3.63) is 12.2 Å². The summed E-state index contributed by atoms with van der Waals surface area (Å²) in [7, 11) is -4.27. The Morgan fingerprint density at radius 3 is 1.38 bits per heavy atom. The van der Waals surface area contributed by atoms with E-state index in [0.717, 1.165) is 51.4 Å². The molecule has 0 aliphatic heterocycles. The Bertz CT molecular complexity index is 803. The maximum absolute atomic E-state index is 12.5. The summed E-state index contributed by atoms with van der Waals surface area (Å²) in [6.07, 6.45) is 35.4. The minimum Gasteiger partial charge on any atom is -0.462 e. The number of esters is 2. The van der Waals surface area contributed by atoms with Gasteiger partial charge in [-0.2, -0.15) is 0 Å². The normalized spacial score (nSPS) is 13.5. The Kier molecular flexibility index (Phi) is 34.7. The lowest BCUT2D eigenvalue weighted by atomic mass is 10.0. The molecule has 2 unspecified atom stereocenters. The van der Waals surface area contributed by atoms with Gasteiger partial charge in [-0.3, -0.25) is 18.6 Å². The zero-order valence-corrected chi connectivity index (χ0v) is 32.3. The van der Waals surface area contributed by atoms with Crippen LogP contribution >= 0.6 is 7.82 Å². The first-order valence-electron chi connectivity index (χ1n) is 20.0. The number of carbonyl (C=O) groups excluding carboxylic acids is 2. The molecule has 0 saturated carbocycles. The molecule has 1 N–H and O–H groups in total. The van der Waals surface area contributed by atoms with Gasteiger partial charge in [0.25, 0.3) is 0 Å². The fourth-order valence-corrected chi connectivity index (χ4v) is 6.38. The summed E-state index contributed by atoms with van der Waals surface area (Å²) in [5, 5.41) is 0. The fraction of sp³-hybridized carbons (Fsp3) is 0.897. The zero-order valence-electron chi connectivity index (χ0n) is 31.4. The fourth-order valence-electron chi connectivity index (χ4n) is 5.62. The molecular formula is C39H75O8P. The van der Waals surface area contributed by atoms with E-state index in [4.69, 9.17) is 18.5 Å². The molecule has 0 spiro atoms. The third-order valence-corrected chi connectivity index (χ3v) is 9.63. The second-order valence-electron chi connectivity index (χ2n) is 13.3. The number of carbonyl (C=O) groups is 2. The first-order chi connectivity index (χ1) is 23.3. The van der Waals surface area contributed by atoms with Crippen molar-refractivity contribution in [1.29, 1.82) is 0 Å². The summed E-state index contributed by atoms with van der Waals surface area (Å²) >= 11 is 0. The van der Waals surface area contributed by atoms with E-state index in [-0.39, 0.29) is 25.6 Å². The van der Waals surface area contributed by atoms with Crippen molar-refractivity contribution >= 4 is 19.8 Å². The number of hydrogen-bond acceptors (Lipinski definition) is 7. The number of unbranched alkanes of at least 4 members (excludes halogenated alkanes) is 23. The van der Waals surface area contributed by atoms with E-state index in [9.17, 15) is 19.0 Å². The van der Waals surface area contributed by atoms with Crippen molar-refractivity contribution in [3.63, 3.8) is 0 Å². The maximum atomic E-state index is 12.5. The van der Waals surface area contributed by atoms with Crippen LogP contribution in [0.1, 0.15) is 201 Å². The van der Waals surface area contributed by atoms with Crippen LogP contribution in [0.15, 0.2) is 12.2 Å². The van der Waals surface area contributed by atoms with Crippen molar-refractivity contribution in [2.75, 3.05) is 19.8 Å². The standard InChI is InChI=1S/C39H75O8P/c1-4-7-9-11-13-15-17-19-20-22-24-26-28-30-32-34-39(41)47-37(36-46-48(42,43)45-6-3)35-44-38(40)33-31-29-27-25-23-21-18-16-14-12-10-8-5-2/h19-20,37H,4-18,21-36H2,1-3H3,(H,42,43)/b20-19+.